The Bertz CT molecular complexity index is 961. The number of benzene rings is 1. The van der Waals surface area contributed by atoms with E-state index in [0.717, 1.165) is 25.7 Å². The Morgan fingerprint density at radius 2 is 1.97 bits per heavy atom. The summed E-state index contributed by atoms with van der Waals surface area (Å²) in [5.41, 5.74) is 2.17. The molecule has 0 saturated carbocycles. The van der Waals surface area contributed by atoms with Gasteiger partial charge < -0.3 is 15.2 Å². The number of aromatic hydroxyl groups is 1. The minimum atomic E-state index is -0.176. The molecule has 33 heavy (non-hydrogen) atoms. The molecular formula is C27H34N2O4. The van der Waals surface area contributed by atoms with Crippen molar-refractivity contribution in [2.75, 3.05) is 13.2 Å². The lowest BCUT2D eigenvalue weighted by Crippen LogP contribution is -2.24. The van der Waals surface area contributed by atoms with Crippen LogP contribution in [0.1, 0.15) is 73.9 Å². The first kappa shape index (κ1) is 25.9. The second-order valence-corrected chi connectivity index (χ2v) is 7.91. The lowest BCUT2D eigenvalue weighted by Gasteiger charge is -2.13. The van der Waals surface area contributed by atoms with E-state index in [2.05, 4.69) is 28.2 Å². The van der Waals surface area contributed by atoms with Crippen molar-refractivity contribution in [2.45, 2.75) is 65.2 Å². The second kappa shape index (κ2) is 14.7. The minimum Gasteiger partial charge on any atom is -0.507 e. The van der Waals surface area contributed by atoms with E-state index < -0.39 is 0 Å². The fraction of sp³-hybridized carbons (Fsp3) is 0.444. The van der Waals surface area contributed by atoms with Crippen LogP contribution in [-0.2, 0) is 17.6 Å². The zero-order chi connectivity index (χ0) is 23.9. The van der Waals surface area contributed by atoms with Gasteiger partial charge in [0, 0.05) is 37.3 Å². The number of phenolic OH excluding ortho intramolecular Hbond substituents is 1. The van der Waals surface area contributed by atoms with Gasteiger partial charge in [-0.05, 0) is 62.8 Å². The van der Waals surface area contributed by atoms with Gasteiger partial charge in [0.15, 0.2) is 5.78 Å². The number of nitrogens with zero attached hydrogens (tertiary/aromatic N) is 1. The number of amides is 1. The Kier molecular flexibility index (Phi) is 11.5. The molecule has 0 bridgehead atoms. The maximum atomic E-state index is 11.9. The molecule has 1 amide bonds. The van der Waals surface area contributed by atoms with Crippen LogP contribution in [0.2, 0.25) is 0 Å². The summed E-state index contributed by atoms with van der Waals surface area (Å²) < 4.78 is 5.71. The molecule has 0 aliphatic rings. The first-order chi connectivity index (χ1) is 16.0. The number of hydrogen-bond donors (Lipinski definition) is 2. The van der Waals surface area contributed by atoms with Crippen LogP contribution in [0.15, 0.2) is 36.7 Å². The molecule has 0 aliphatic carbocycles. The van der Waals surface area contributed by atoms with Gasteiger partial charge in [0.1, 0.15) is 18.1 Å². The van der Waals surface area contributed by atoms with Crippen LogP contribution in [-0.4, -0.2) is 34.9 Å². The number of pyridine rings is 1. The molecule has 0 atom stereocenters. The summed E-state index contributed by atoms with van der Waals surface area (Å²) in [6.45, 7) is 4.32. The van der Waals surface area contributed by atoms with Gasteiger partial charge in [0.25, 0.3) is 0 Å². The highest BCUT2D eigenvalue weighted by molar-refractivity contribution is 5.97. The number of ketones is 1. The summed E-state index contributed by atoms with van der Waals surface area (Å²) in [6, 6.07) is 7.30. The maximum absolute atomic E-state index is 11.9. The standard InChI is InChI=1S/C27H34N2O4/c1-3-11-24-25(16-15-23(21(2)30)27(24)32)33-19-9-5-4-6-14-26(31)29-18-8-7-12-22-13-10-17-28-20-22/h10,13,15-17,20,32H,3-4,6-8,11-12,14,18-19H2,1-2H3,(H,29,31). The molecule has 6 nitrogen and oxygen atoms in total. The second-order valence-electron chi connectivity index (χ2n) is 7.91. The van der Waals surface area contributed by atoms with Crippen molar-refractivity contribution in [2.24, 2.45) is 0 Å². The van der Waals surface area contributed by atoms with E-state index >= 15 is 0 Å². The third-order valence-corrected chi connectivity index (χ3v) is 5.19. The van der Waals surface area contributed by atoms with Crippen molar-refractivity contribution >= 4 is 11.7 Å². The molecule has 6 heteroatoms. The van der Waals surface area contributed by atoms with E-state index in [4.69, 9.17) is 4.74 Å². The number of carbonyl (C=O) groups is 2. The van der Waals surface area contributed by atoms with Crippen molar-refractivity contribution in [3.63, 3.8) is 0 Å². The Morgan fingerprint density at radius 1 is 1.12 bits per heavy atom. The van der Waals surface area contributed by atoms with Gasteiger partial charge in [-0.3, -0.25) is 14.6 Å². The summed E-state index contributed by atoms with van der Waals surface area (Å²) in [7, 11) is 0. The zero-order valence-electron chi connectivity index (χ0n) is 19.7. The molecule has 0 unspecified atom stereocenters. The maximum Gasteiger partial charge on any atom is 0.220 e. The predicted octanol–water partition coefficient (Wildman–Crippen LogP) is 4.63. The van der Waals surface area contributed by atoms with Crippen molar-refractivity contribution in [3.05, 3.63) is 53.3 Å². The Balaban J connectivity index is 1.62. The van der Waals surface area contributed by atoms with Gasteiger partial charge in [0.2, 0.25) is 5.91 Å². The van der Waals surface area contributed by atoms with Crippen LogP contribution in [0.5, 0.6) is 11.5 Å². The molecule has 0 fully saturated rings. The van der Waals surface area contributed by atoms with Crippen LogP contribution in [0.3, 0.4) is 0 Å². The number of Topliss-reactive ketones (excluding diaryl/α,β-unsaturated/α-hetero) is 1. The SMILES string of the molecule is CCCc1c(OCC#CCCCC(=O)NCCCCc2cccnc2)ccc(C(C)=O)c1O. The van der Waals surface area contributed by atoms with Crippen molar-refractivity contribution in [1.29, 1.82) is 0 Å². The van der Waals surface area contributed by atoms with E-state index in [1.807, 2.05) is 19.2 Å². The van der Waals surface area contributed by atoms with Crippen molar-refractivity contribution in [1.82, 2.24) is 10.3 Å². The fourth-order valence-corrected chi connectivity index (χ4v) is 3.44. The molecule has 1 aromatic heterocycles. The lowest BCUT2D eigenvalue weighted by atomic mass is 10.0. The molecule has 176 valence electrons. The molecule has 0 aliphatic heterocycles. The van der Waals surface area contributed by atoms with Gasteiger partial charge in [0.05, 0.1) is 5.56 Å². The predicted molar refractivity (Wildman–Crippen MR) is 129 cm³/mol. The first-order valence-corrected chi connectivity index (χ1v) is 11.6. The summed E-state index contributed by atoms with van der Waals surface area (Å²) >= 11 is 0. The Labute approximate surface area is 196 Å². The monoisotopic (exact) mass is 450 g/mol. The molecule has 0 radical (unpaired) electrons. The lowest BCUT2D eigenvalue weighted by molar-refractivity contribution is -0.121. The normalized spacial score (nSPS) is 10.2. The smallest absolute Gasteiger partial charge is 0.220 e. The zero-order valence-corrected chi connectivity index (χ0v) is 19.7. The number of phenols is 1. The van der Waals surface area contributed by atoms with E-state index in [1.54, 1.807) is 18.3 Å². The van der Waals surface area contributed by atoms with Gasteiger partial charge in [-0.25, -0.2) is 0 Å². The van der Waals surface area contributed by atoms with E-state index in [9.17, 15) is 14.7 Å². The van der Waals surface area contributed by atoms with Gasteiger partial charge in [-0.15, -0.1) is 0 Å². The molecule has 2 aromatic rings. The van der Waals surface area contributed by atoms with Crippen molar-refractivity contribution < 1.29 is 19.4 Å². The molecule has 0 spiro atoms. The van der Waals surface area contributed by atoms with Gasteiger partial charge in [-0.1, -0.05) is 31.3 Å². The highest BCUT2D eigenvalue weighted by Gasteiger charge is 2.15. The molecule has 1 aromatic carbocycles. The summed E-state index contributed by atoms with van der Waals surface area (Å²) in [4.78, 5) is 27.6. The summed E-state index contributed by atoms with van der Waals surface area (Å²) in [6.07, 6.45) is 9.80. The Hall–Kier alpha value is -3.33. The van der Waals surface area contributed by atoms with Crippen molar-refractivity contribution in [3.8, 4) is 23.3 Å². The quantitative estimate of drug-likeness (QED) is 0.264. The summed E-state index contributed by atoms with van der Waals surface area (Å²) in [5, 5.41) is 13.3. The number of aryl methyl sites for hydroxylation is 1. The average Bonchev–Trinajstić information content (AvgIpc) is 2.80. The number of carbonyl (C=O) groups excluding carboxylic acids is 2. The highest BCUT2D eigenvalue weighted by atomic mass is 16.5. The van der Waals surface area contributed by atoms with Crippen LogP contribution < -0.4 is 10.1 Å². The van der Waals surface area contributed by atoms with E-state index in [1.165, 1.54) is 12.5 Å². The number of hydrogen-bond acceptors (Lipinski definition) is 5. The van der Waals surface area contributed by atoms with Crippen LogP contribution in [0.4, 0.5) is 0 Å². The van der Waals surface area contributed by atoms with Crippen LogP contribution >= 0.6 is 0 Å². The number of unbranched alkanes of at least 4 members (excludes halogenated alkanes) is 2. The third-order valence-electron chi connectivity index (χ3n) is 5.19. The largest absolute Gasteiger partial charge is 0.507 e. The molecule has 1 heterocycles. The number of ether oxygens (including phenoxy) is 1. The van der Waals surface area contributed by atoms with Gasteiger partial charge >= 0.3 is 0 Å². The number of rotatable bonds is 13. The van der Waals surface area contributed by atoms with E-state index in [0.29, 0.717) is 49.1 Å². The molecular weight excluding hydrogens is 416 g/mol. The van der Waals surface area contributed by atoms with Crippen LogP contribution in [0, 0.1) is 11.8 Å². The molecule has 2 N–H and O–H groups in total. The topological polar surface area (TPSA) is 88.5 Å². The van der Waals surface area contributed by atoms with Crippen LogP contribution in [0.25, 0.3) is 0 Å². The molecule has 2 rings (SSSR count). The highest BCUT2D eigenvalue weighted by Crippen LogP contribution is 2.32. The average molecular weight is 451 g/mol. The van der Waals surface area contributed by atoms with Gasteiger partial charge in [-0.2, -0.15) is 0 Å². The van der Waals surface area contributed by atoms with E-state index in [-0.39, 0.29) is 24.0 Å². The fourth-order valence-electron chi connectivity index (χ4n) is 3.44. The number of aromatic nitrogens is 1. The Morgan fingerprint density at radius 3 is 2.70 bits per heavy atom. The molecule has 0 saturated heterocycles. The summed E-state index contributed by atoms with van der Waals surface area (Å²) in [5.74, 6) is 6.41. The minimum absolute atomic E-state index is 0.00195. The first-order valence-electron chi connectivity index (χ1n) is 11.6. The number of nitrogens with one attached hydrogen (secondary N) is 1. The third kappa shape index (κ3) is 9.36.